The Balaban J connectivity index is 1.86. The number of rotatable bonds is 3. The van der Waals surface area contributed by atoms with E-state index in [4.69, 9.17) is 5.11 Å². The van der Waals surface area contributed by atoms with Crippen molar-refractivity contribution in [2.75, 3.05) is 11.9 Å². The SMILES string of the molecule is O=C(Nc1ccc2[nH]c(=O)[nH]c2c1)C1(CO)CC1. The summed E-state index contributed by atoms with van der Waals surface area (Å²) < 4.78 is 0. The molecule has 1 aliphatic rings. The van der Waals surface area contributed by atoms with Crippen molar-refractivity contribution in [1.29, 1.82) is 0 Å². The standard InChI is InChI=1S/C12H13N3O3/c16-6-12(3-4-12)10(17)13-7-1-2-8-9(5-7)15-11(18)14-8/h1-2,5,16H,3-4,6H2,(H,13,17)(H2,14,15,18). The second kappa shape index (κ2) is 3.71. The van der Waals surface area contributed by atoms with Crippen LogP contribution in [0.2, 0.25) is 0 Å². The van der Waals surface area contributed by atoms with Crippen molar-refractivity contribution in [3.63, 3.8) is 0 Å². The van der Waals surface area contributed by atoms with Crippen molar-refractivity contribution in [3.05, 3.63) is 28.7 Å². The molecule has 1 heterocycles. The van der Waals surface area contributed by atoms with Gasteiger partial charge in [0.15, 0.2) is 0 Å². The molecule has 0 bridgehead atoms. The lowest BCUT2D eigenvalue weighted by Crippen LogP contribution is -2.27. The number of hydrogen-bond acceptors (Lipinski definition) is 3. The fourth-order valence-corrected chi connectivity index (χ4v) is 1.98. The molecule has 6 heteroatoms. The molecule has 0 atom stereocenters. The first kappa shape index (κ1) is 11.0. The van der Waals surface area contributed by atoms with Crippen molar-refractivity contribution in [1.82, 2.24) is 9.97 Å². The quantitative estimate of drug-likeness (QED) is 0.638. The van der Waals surface area contributed by atoms with Gasteiger partial charge in [-0.1, -0.05) is 0 Å². The second-order valence-electron chi connectivity index (χ2n) is 4.73. The fraction of sp³-hybridized carbons (Fsp3) is 0.333. The zero-order valence-corrected chi connectivity index (χ0v) is 9.62. The summed E-state index contributed by atoms with van der Waals surface area (Å²) in [5.74, 6) is -0.165. The van der Waals surface area contributed by atoms with Gasteiger partial charge in [0.2, 0.25) is 5.91 Å². The topological polar surface area (TPSA) is 98.0 Å². The van der Waals surface area contributed by atoms with Gasteiger partial charge in [-0.05, 0) is 31.0 Å². The zero-order chi connectivity index (χ0) is 12.8. The third-order valence-corrected chi connectivity index (χ3v) is 3.41. The molecule has 0 saturated heterocycles. The molecule has 1 amide bonds. The number of anilines is 1. The zero-order valence-electron chi connectivity index (χ0n) is 9.62. The molecule has 0 aliphatic heterocycles. The largest absolute Gasteiger partial charge is 0.395 e. The molecule has 0 radical (unpaired) electrons. The van der Waals surface area contributed by atoms with Crippen LogP contribution in [0, 0.1) is 5.41 Å². The first-order valence-corrected chi connectivity index (χ1v) is 5.77. The van der Waals surface area contributed by atoms with Gasteiger partial charge in [0.1, 0.15) is 0 Å². The minimum Gasteiger partial charge on any atom is -0.395 e. The van der Waals surface area contributed by atoms with Crippen LogP contribution in [0.5, 0.6) is 0 Å². The van der Waals surface area contributed by atoms with Gasteiger partial charge in [-0.3, -0.25) is 4.79 Å². The number of aromatic amines is 2. The number of carbonyl (C=O) groups is 1. The average molecular weight is 247 g/mol. The molecule has 6 nitrogen and oxygen atoms in total. The lowest BCUT2D eigenvalue weighted by molar-refractivity contribution is -0.122. The molecule has 1 fully saturated rings. The molecular weight excluding hydrogens is 234 g/mol. The van der Waals surface area contributed by atoms with Gasteiger partial charge in [-0.15, -0.1) is 0 Å². The Bertz CT molecular complexity index is 667. The van der Waals surface area contributed by atoms with E-state index < -0.39 is 5.41 Å². The number of aliphatic hydroxyl groups is 1. The Morgan fingerprint density at radius 3 is 2.72 bits per heavy atom. The molecule has 1 aromatic heterocycles. The predicted octanol–water partition coefficient (Wildman–Crippen LogP) is 0.567. The van der Waals surface area contributed by atoms with Crippen molar-refractivity contribution < 1.29 is 9.90 Å². The maximum Gasteiger partial charge on any atom is 0.323 e. The molecule has 4 N–H and O–H groups in total. The summed E-state index contributed by atoms with van der Waals surface area (Å²) in [5.41, 5.74) is 1.08. The Kier molecular flexibility index (Phi) is 2.27. The number of aliphatic hydroxyl groups excluding tert-OH is 1. The molecule has 1 saturated carbocycles. The highest BCUT2D eigenvalue weighted by atomic mass is 16.3. The van der Waals surface area contributed by atoms with Gasteiger partial charge in [0.05, 0.1) is 23.1 Å². The molecule has 1 aliphatic carbocycles. The highest BCUT2D eigenvalue weighted by Crippen LogP contribution is 2.45. The van der Waals surface area contributed by atoms with E-state index in [1.807, 2.05) is 0 Å². The summed E-state index contributed by atoms with van der Waals surface area (Å²) in [4.78, 5) is 28.3. The molecular formula is C12H13N3O3. The molecule has 0 spiro atoms. The van der Waals surface area contributed by atoms with Gasteiger partial charge < -0.3 is 20.4 Å². The normalized spacial score (nSPS) is 16.7. The van der Waals surface area contributed by atoms with Crippen LogP contribution in [-0.4, -0.2) is 27.6 Å². The number of H-pyrrole nitrogens is 2. The van der Waals surface area contributed by atoms with Gasteiger partial charge in [-0.25, -0.2) is 4.79 Å². The maximum absolute atomic E-state index is 11.9. The van der Waals surface area contributed by atoms with E-state index >= 15 is 0 Å². The molecule has 18 heavy (non-hydrogen) atoms. The molecule has 0 unspecified atom stereocenters. The predicted molar refractivity (Wildman–Crippen MR) is 66.3 cm³/mol. The summed E-state index contributed by atoms with van der Waals surface area (Å²) in [7, 11) is 0. The Morgan fingerprint density at radius 1 is 1.33 bits per heavy atom. The lowest BCUT2D eigenvalue weighted by atomic mass is 10.1. The first-order chi connectivity index (χ1) is 8.63. The van der Waals surface area contributed by atoms with E-state index in [0.29, 0.717) is 16.7 Å². The Hall–Kier alpha value is -2.08. The van der Waals surface area contributed by atoms with Crippen LogP contribution in [0.4, 0.5) is 5.69 Å². The number of nitrogens with one attached hydrogen (secondary N) is 3. The number of imidazole rings is 1. The van der Waals surface area contributed by atoms with E-state index in [0.717, 1.165) is 12.8 Å². The van der Waals surface area contributed by atoms with E-state index in [1.165, 1.54) is 0 Å². The van der Waals surface area contributed by atoms with Gasteiger partial charge in [0, 0.05) is 5.69 Å². The molecule has 2 aromatic rings. The summed E-state index contributed by atoms with van der Waals surface area (Å²) in [5, 5.41) is 11.9. The third kappa shape index (κ3) is 1.70. The Morgan fingerprint density at radius 2 is 2.06 bits per heavy atom. The number of fused-ring (bicyclic) bond motifs is 1. The smallest absolute Gasteiger partial charge is 0.323 e. The number of benzene rings is 1. The van der Waals surface area contributed by atoms with E-state index in [2.05, 4.69) is 15.3 Å². The average Bonchev–Trinajstić information content (AvgIpc) is 3.06. The first-order valence-electron chi connectivity index (χ1n) is 5.77. The summed E-state index contributed by atoms with van der Waals surface area (Å²) in [6.45, 7) is -0.123. The van der Waals surface area contributed by atoms with E-state index in [1.54, 1.807) is 18.2 Å². The van der Waals surface area contributed by atoms with Crippen LogP contribution < -0.4 is 11.0 Å². The minimum absolute atomic E-state index is 0.123. The number of aromatic nitrogens is 2. The number of carbonyl (C=O) groups excluding carboxylic acids is 1. The van der Waals surface area contributed by atoms with Crippen LogP contribution in [-0.2, 0) is 4.79 Å². The highest BCUT2D eigenvalue weighted by Gasteiger charge is 2.49. The van der Waals surface area contributed by atoms with Crippen LogP contribution >= 0.6 is 0 Å². The lowest BCUT2D eigenvalue weighted by Gasteiger charge is -2.12. The van der Waals surface area contributed by atoms with Gasteiger partial charge in [-0.2, -0.15) is 0 Å². The fourth-order valence-electron chi connectivity index (χ4n) is 1.98. The van der Waals surface area contributed by atoms with Crippen molar-refractivity contribution >= 4 is 22.6 Å². The van der Waals surface area contributed by atoms with Gasteiger partial charge in [0.25, 0.3) is 0 Å². The van der Waals surface area contributed by atoms with E-state index in [-0.39, 0.29) is 18.2 Å². The summed E-state index contributed by atoms with van der Waals surface area (Å²) in [6.07, 6.45) is 1.44. The number of amides is 1. The molecule has 94 valence electrons. The maximum atomic E-state index is 11.9. The Labute approximate surface area is 102 Å². The molecule has 3 rings (SSSR count). The van der Waals surface area contributed by atoms with Crippen LogP contribution in [0.1, 0.15) is 12.8 Å². The van der Waals surface area contributed by atoms with E-state index in [9.17, 15) is 9.59 Å². The van der Waals surface area contributed by atoms with Crippen molar-refractivity contribution in [3.8, 4) is 0 Å². The highest BCUT2D eigenvalue weighted by molar-refractivity contribution is 5.98. The number of hydrogen-bond donors (Lipinski definition) is 4. The van der Waals surface area contributed by atoms with Crippen LogP contribution in [0.3, 0.4) is 0 Å². The van der Waals surface area contributed by atoms with Crippen LogP contribution in [0.25, 0.3) is 11.0 Å². The monoisotopic (exact) mass is 247 g/mol. The van der Waals surface area contributed by atoms with Crippen LogP contribution in [0.15, 0.2) is 23.0 Å². The van der Waals surface area contributed by atoms with Crippen molar-refractivity contribution in [2.45, 2.75) is 12.8 Å². The van der Waals surface area contributed by atoms with Crippen molar-refractivity contribution in [2.24, 2.45) is 5.41 Å². The molecule has 1 aromatic carbocycles. The third-order valence-electron chi connectivity index (χ3n) is 3.41. The second-order valence-corrected chi connectivity index (χ2v) is 4.73. The van der Waals surface area contributed by atoms with Gasteiger partial charge >= 0.3 is 5.69 Å². The summed E-state index contributed by atoms with van der Waals surface area (Å²) in [6, 6.07) is 5.14. The minimum atomic E-state index is -0.597. The summed E-state index contributed by atoms with van der Waals surface area (Å²) >= 11 is 0.